The summed E-state index contributed by atoms with van der Waals surface area (Å²) in [5, 5.41) is 6.46. The Labute approximate surface area is 164 Å². The van der Waals surface area contributed by atoms with Gasteiger partial charge in [-0.1, -0.05) is 36.4 Å². The van der Waals surface area contributed by atoms with Crippen LogP contribution in [0.4, 0.5) is 0 Å². The van der Waals surface area contributed by atoms with Crippen LogP contribution in [0.1, 0.15) is 18.2 Å². The van der Waals surface area contributed by atoms with Crippen molar-refractivity contribution < 1.29 is 4.79 Å². The lowest BCUT2D eigenvalue weighted by Crippen LogP contribution is -2.26. The van der Waals surface area contributed by atoms with Gasteiger partial charge in [-0.05, 0) is 36.1 Å². The zero-order valence-corrected chi connectivity index (χ0v) is 16.6. The van der Waals surface area contributed by atoms with Gasteiger partial charge in [0.05, 0.1) is 23.2 Å². The van der Waals surface area contributed by atoms with Crippen molar-refractivity contribution in [3.63, 3.8) is 0 Å². The number of rotatable bonds is 7. The molecule has 1 N–H and O–H groups in total. The van der Waals surface area contributed by atoms with E-state index in [1.54, 1.807) is 34.1 Å². The highest BCUT2D eigenvalue weighted by Gasteiger charge is 2.13. The molecule has 0 unspecified atom stereocenters. The summed E-state index contributed by atoms with van der Waals surface area (Å²) >= 11 is 8.89. The van der Waals surface area contributed by atoms with Gasteiger partial charge >= 0.3 is 0 Å². The summed E-state index contributed by atoms with van der Waals surface area (Å²) in [5.41, 5.74) is 0.450. The fourth-order valence-corrected chi connectivity index (χ4v) is 4.15. The van der Waals surface area contributed by atoms with Crippen LogP contribution in [0, 0.1) is 0 Å². The highest BCUT2D eigenvalue weighted by atomic mass is 35.5. The van der Waals surface area contributed by atoms with Crippen molar-refractivity contribution in [2.75, 3.05) is 5.75 Å². The number of fused-ring (bicyclic) bond motifs is 1. The van der Waals surface area contributed by atoms with Crippen molar-refractivity contribution in [1.82, 2.24) is 14.9 Å². The molecule has 1 aromatic carbocycles. The van der Waals surface area contributed by atoms with Gasteiger partial charge in [0, 0.05) is 16.4 Å². The lowest BCUT2D eigenvalue weighted by atomic mass is 10.2. The van der Waals surface area contributed by atoms with Gasteiger partial charge in [-0.25, -0.2) is 4.98 Å². The van der Waals surface area contributed by atoms with Gasteiger partial charge in [0.15, 0.2) is 5.16 Å². The standard InChI is InChI=1S/C18H18ClN3O2S2/c1-2-7-22-17(24)14-6-5-12(19)9-15(14)21-18(22)26-11-16(23)20-10-13-4-3-8-25-13/h3-6,8-9H,2,7,10-11H2,1H3,(H,20,23). The molecule has 0 spiro atoms. The number of aromatic nitrogens is 2. The lowest BCUT2D eigenvalue weighted by Gasteiger charge is -2.12. The third-order valence-corrected chi connectivity index (χ3v) is 5.79. The van der Waals surface area contributed by atoms with Gasteiger partial charge in [0.25, 0.3) is 5.56 Å². The molecule has 136 valence electrons. The normalized spacial score (nSPS) is 11.0. The quantitative estimate of drug-likeness (QED) is 0.476. The molecule has 5 nitrogen and oxygen atoms in total. The minimum absolute atomic E-state index is 0.0908. The molecule has 1 amide bonds. The van der Waals surface area contributed by atoms with Crippen molar-refractivity contribution in [1.29, 1.82) is 0 Å². The number of thiophene rings is 1. The van der Waals surface area contributed by atoms with Gasteiger partial charge in [-0.15, -0.1) is 11.3 Å². The molecule has 0 saturated heterocycles. The number of nitrogens with one attached hydrogen (secondary N) is 1. The average molecular weight is 408 g/mol. The molecule has 3 aromatic rings. The van der Waals surface area contributed by atoms with E-state index in [-0.39, 0.29) is 17.2 Å². The Kier molecular flexibility index (Phi) is 6.34. The fourth-order valence-electron chi connectivity index (χ4n) is 2.48. The number of thioether (sulfide) groups is 1. The highest BCUT2D eigenvalue weighted by molar-refractivity contribution is 7.99. The smallest absolute Gasteiger partial charge is 0.262 e. The molecular formula is C18H18ClN3O2S2. The van der Waals surface area contributed by atoms with Crippen LogP contribution in [0.15, 0.2) is 45.7 Å². The zero-order valence-electron chi connectivity index (χ0n) is 14.2. The molecule has 26 heavy (non-hydrogen) atoms. The van der Waals surface area contributed by atoms with Crippen molar-refractivity contribution in [2.24, 2.45) is 0 Å². The monoisotopic (exact) mass is 407 g/mol. The van der Waals surface area contributed by atoms with Crippen LogP contribution in [0.25, 0.3) is 10.9 Å². The summed E-state index contributed by atoms with van der Waals surface area (Å²) in [6.07, 6.45) is 0.804. The molecule has 0 aliphatic rings. The first-order chi connectivity index (χ1) is 12.6. The van der Waals surface area contributed by atoms with E-state index in [1.807, 2.05) is 24.4 Å². The Morgan fingerprint density at radius 1 is 1.38 bits per heavy atom. The summed E-state index contributed by atoms with van der Waals surface area (Å²) < 4.78 is 1.63. The Hall–Kier alpha value is -1.83. The molecule has 8 heteroatoms. The number of amides is 1. The van der Waals surface area contributed by atoms with E-state index in [0.717, 1.165) is 11.3 Å². The number of carbonyl (C=O) groups excluding carboxylic acids is 1. The first-order valence-corrected chi connectivity index (χ1v) is 10.4. The van der Waals surface area contributed by atoms with Crippen LogP contribution in [-0.4, -0.2) is 21.2 Å². The molecule has 0 aliphatic carbocycles. The Morgan fingerprint density at radius 2 is 2.23 bits per heavy atom. The van der Waals surface area contributed by atoms with Gasteiger partial charge < -0.3 is 5.32 Å². The Bertz CT molecular complexity index is 970. The molecular weight excluding hydrogens is 390 g/mol. The molecule has 0 radical (unpaired) electrons. The number of benzene rings is 1. The van der Waals surface area contributed by atoms with E-state index in [9.17, 15) is 9.59 Å². The predicted octanol–water partition coefficient (Wildman–Crippen LogP) is 3.93. The van der Waals surface area contributed by atoms with Crippen LogP contribution in [0.3, 0.4) is 0 Å². The summed E-state index contributed by atoms with van der Waals surface area (Å²) in [6.45, 7) is 3.07. The van der Waals surface area contributed by atoms with E-state index < -0.39 is 0 Å². The van der Waals surface area contributed by atoms with E-state index in [2.05, 4.69) is 10.3 Å². The Balaban J connectivity index is 1.78. The number of nitrogens with zero attached hydrogens (tertiary/aromatic N) is 2. The minimum Gasteiger partial charge on any atom is -0.350 e. The van der Waals surface area contributed by atoms with Gasteiger partial charge in [-0.2, -0.15) is 0 Å². The second-order valence-electron chi connectivity index (χ2n) is 5.66. The van der Waals surface area contributed by atoms with Gasteiger partial charge in [-0.3, -0.25) is 14.2 Å². The molecule has 0 fully saturated rings. The van der Waals surface area contributed by atoms with Crippen molar-refractivity contribution in [3.05, 3.63) is 56.0 Å². The number of hydrogen-bond donors (Lipinski definition) is 1. The first-order valence-electron chi connectivity index (χ1n) is 8.20. The summed E-state index contributed by atoms with van der Waals surface area (Å²) in [5.74, 6) is 0.111. The van der Waals surface area contributed by atoms with E-state index >= 15 is 0 Å². The molecule has 2 aromatic heterocycles. The van der Waals surface area contributed by atoms with Gasteiger partial charge in [0.1, 0.15) is 0 Å². The zero-order chi connectivity index (χ0) is 18.5. The fraction of sp³-hybridized carbons (Fsp3) is 0.278. The molecule has 0 saturated carbocycles. The second kappa shape index (κ2) is 8.70. The highest BCUT2D eigenvalue weighted by Crippen LogP contribution is 2.20. The minimum atomic E-state index is -0.102. The second-order valence-corrected chi connectivity index (χ2v) is 8.07. The number of halogens is 1. The van der Waals surface area contributed by atoms with Crippen LogP contribution >= 0.6 is 34.7 Å². The predicted molar refractivity (Wildman–Crippen MR) is 108 cm³/mol. The van der Waals surface area contributed by atoms with Crippen LogP contribution in [-0.2, 0) is 17.9 Å². The third kappa shape index (κ3) is 4.47. The summed E-state index contributed by atoms with van der Waals surface area (Å²) in [7, 11) is 0. The van der Waals surface area contributed by atoms with E-state index in [0.29, 0.717) is 34.2 Å². The van der Waals surface area contributed by atoms with E-state index in [1.165, 1.54) is 11.8 Å². The topological polar surface area (TPSA) is 64.0 Å². The SMILES string of the molecule is CCCn1c(SCC(=O)NCc2cccs2)nc2cc(Cl)ccc2c1=O. The lowest BCUT2D eigenvalue weighted by molar-refractivity contribution is -0.118. The molecule has 2 heterocycles. The molecule has 3 rings (SSSR count). The van der Waals surface area contributed by atoms with Crippen LogP contribution in [0.2, 0.25) is 5.02 Å². The third-order valence-electron chi connectivity index (χ3n) is 3.70. The van der Waals surface area contributed by atoms with Crippen LogP contribution in [0.5, 0.6) is 0 Å². The summed E-state index contributed by atoms with van der Waals surface area (Å²) in [4.78, 5) is 30.5. The maximum atomic E-state index is 12.7. The molecule has 0 atom stereocenters. The largest absolute Gasteiger partial charge is 0.350 e. The first kappa shape index (κ1) is 18.9. The maximum Gasteiger partial charge on any atom is 0.262 e. The molecule has 0 bridgehead atoms. The van der Waals surface area contributed by atoms with Gasteiger partial charge in [0.2, 0.25) is 5.91 Å². The average Bonchev–Trinajstić information content (AvgIpc) is 3.14. The number of carbonyl (C=O) groups is 1. The van der Waals surface area contributed by atoms with Crippen molar-refractivity contribution in [2.45, 2.75) is 31.6 Å². The molecule has 0 aliphatic heterocycles. The number of hydrogen-bond acceptors (Lipinski definition) is 5. The van der Waals surface area contributed by atoms with E-state index in [4.69, 9.17) is 11.6 Å². The van der Waals surface area contributed by atoms with Crippen molar-refractivity contribution in [3.8, 4) is 0 Å². The summed E-state index contributed by atoms with van der Waals surface area (Å²) in [6, 6.07) is 8.99. The Morgan fingerprint density at radius 3 is 2.96 bits per heavy atom. The van der Waals surface area contributed by atoms with Crippen molar-refractivity contribution >= 4 is 51.5 Å². The maximum absolute atomic E-state index is 12.7. The van der Waals surface area contributed by atoms with Crippen LogP contribution < -0.4 is 10.9 Å².